The van der Waals surface area contributed by atoms with Crippen molar-refractivity contribution in [2.75, 3.05) is 13.1 Å². The Hall–Kier alpha value is -1.84. The Kier molecular flexibility index (Phi) is 4.77. The fourth-order valence-corrected chi connectivity index (χ4v) is 2.46. The molecule has 1 fully saturated rings. The highest BCUT2D eigenvalue weighted by atomic mass is 16.2. The molecule has 0 saturated carbocycles. The molecule has 4 nitrogen and oxygen atoms in total. The van der Waals surface area contributed by atoms with Crippen molar-refractivity contribution in [1.29, 1.82) is 0 Å². The average Bonchev–Trinajstić information content (AvgIpc) is 2.98. The Labute approximate surface area is 120 Å². The molecule has 0 bridgehead atoms. The first kappa shape index (κ1) is 14.6. The van der Waals surface area contributed by atoms with E-state index < -0.39 is 6.04 Å². The topological polar surface area (TPSA) is 49.4 Å². The van der Waals surface area contributed by atoms with Gasteiger partial charge in [0.15, 0.2) is 0 Å². The normalized spacial score (nSPS) is 16.2. The van der Waals surface area contributed by atoms with E-state index in [1.54, 1.807) is 12.1 Å². The fourth-order valence-electron chi connectivity index (χ4n) is 2.46. The van der Waals surface area contributed by atoms with Gasteiger partial charge >= 0.3 is 0 Å². The molecule has 108 valence electrons. The Morgan fingerprint density at radius 3 is 2.25 bits per heavy atom. The minimum absolute atomic E-state index is 0.0433. The van der Waals surface area contributed by atoms with E-state index in [1.807, 2.05) is 36.9 Å². The summed E-state index contributed by atoms with van der Waals surface area (Å²) >= 11 is 0. The maximum absolute atomic E-state index is 12.5. The molecule has 0 spiro atoms. The van der Waals surface area contributed by atoms with Gasteiger partial charge in [-0.25, -0.2) is 0 Å². The van der Waals surface area contributed by atoms with E-state index in [4.69, 9.17) is 0 Å². The van der Waals surface area contributed by atoms with Crippen LogP contribution < -0.4 is 5.32 Å². The molecule has 0 radical (unpaired) electrons. The van der Waals surface area contributed by atoms with Crippen molar-refractivity contribution < 1.29 is 9.59 Å². The van der Waals surface area contributed by atoms with Gasteiger partial charge in [0.25, 0.3) is 5.91 Å². The maximum Gasteiger partial charge on any atom is 0.251 e. The van der Waals surface area contributed by atoms with E-state index >= 15 is 0 Å². The zero-order chi connectivity index (χ0) is 14.5. The molecule has 1 aliphatic rings. The Bertz CT molecular complexity index is 465. The van der Waals surface area contributed by atoms with Gasteiger partial charge in [0.1, 0.15) is 6.04 Å². The number of nitrogens with zero attached hydrogens (tertiary/aromatic N) is 1. The van der Waals surface area contributed by atoms with Crippen LogP contribution in [0.25, 0.3) is 0 Å². The third kappa shape index (κ3) is 3.38. The highest BCUT2D eigenvalue weighted by Gasteiger charge is 2.30. The molecular weight excluding hydrogens is 252 g/mol. The molecule has 1 aromatic rings. The number of hydrogen-bond acceptors (Lipinski definition) is 2. The lowest BCUT2D eigenvalue weighted by atomic mass is 10.0. The van der Waals surface area contributed by atoms with Crippen LogP contribution in [-0.4, -0.2) is 35.8 Å². The van der Waals surface area contributed by atoms with Gasteiger partial charge in [-0.3, -0.25) is 9.59 Å². The number of amides is 2. The minimum Gasteiger partial charge on any atom is -0.341 e. The minimum atomic E-state index is -0.444. The van der Waals surface area contributed by atoms with Gasteiger partial charge in [-0.1, -0.05) is 32.0 Å². The van der Waals surface area contributed by atoms with E-state index in [9.17, 15) is 9.59 Å². The number of carbonyl (C=O) groups excluding carboxylic acids is 2. The summed E-state index contributed by atoms with van der Waals surface area (Å²) in [6, 6.07) is 8.58. The lowest BCUT2D eigenvalue weighted by Crippen LogP contribution is -2.50. The van der Waals surface area contributed by atoms with E-state index in [1.165, 1.54) is 0 Å². The van der Waals surface area contributed by atoms with Crippen molar-refractivity contribution in [2.45, 2.75) is 32.7 Å². The van der Waals surface area contributed by atoms with Crippen molar-refractivity contribution in [2.24, 2.45) is 5.92 Å². The van der Waals surface area contributed by atoms with Crippen LogP contribution >= 0.6 is 0 Å². The molecule has 1 saturated heterocycles. The monoisotopic (exact) mass is 274 g/mol. The Morgan fingerprint density at radius 2 is 1.70 bits per heavy atom. The smallest absolute Gasteiger partial charge is 0.251 e. The van der Waals surface area contributed by atoms with Crippen molar-refractivity contribution >= 4 is 11.8 Å². The van der Waals surface area contributed by atoms with Gasteiger partial charge in [-0.05, 0) is 30.9 Å². The molecule has 0 unspecified atom stereocenters. The standard InChI is InChI=1S/C16H22N2O2/c1-12(2)14(16(20)18-10-6-7-11-18)17-15(19)13-8-4-3-5-9-13/h3-5,8-9,12,14H,6-7,10-11H2,1-2H3,(H,17,19)/t14-/m1/s1. The summed E-state index contributed by atoms with van der Waals surface area (Å²) in [6.07, 6.45) is 2.12. The van der Waals surface area contributed by atoms with Crippen molar-refractivity contribution in [3.05, 3.63) is 35.9 Å². The summed E-state index contributed by atoms with van der Waals surface area (Å²) in [6.45, 7) is 5.54. The van der Waals surface area contributed by atoms with Crippen molar-refractivity contribution in [3.8, 4) is 0 Å². The lowest BCUT2D eigenvalue weighted by Gasteiger charge is -2.26. The van der Waals surface area contributed by atoms with Crippen LogP contribution in [0.3, 0.4) is 0 Å². The molecule has 1 aromatic carbocycles. The predicted molar refractivity (Wildman–Crippen MR) is 78.3 cm³/mol. The molecule has 2 amide bonds. The van der Waals surface area contributed by atoms with E-state index in [-0.39, 0.29) is 17.7 Å². The first-order valence-electron chi connectivity index (χ1n) is 7.24. The van der Waals surface area contributed by atoms with Crippen LogP contribution in [0.5, 0.6) is 0 Å². The van der Waals surface area contributed by atoms with Crippen molar-refractivity contribution in [3.63, 3.8) is 0 Å². The zero-order valence-corrected chi connectivity index (χ0v) is 12.1. The van der Waals surface area contributed by atoms with Gasteiger partial charge in [0.05, 0.1) is 0 Å². The summed E-state index contributed by atoms with van der Waals surface area (Å²) in [5.41, 5.74) is 0.590. The van der Waals surface area contributed by atoms with Gasteiger partial charge < -0.3 is 10.2 Å². The summed E-state index contributed by atoms with van der Waals surface area (Å²) in [5.74, 6) is -0.0607. The van der Waals surface area contributed by atoms with Crippen molar-refractivity contribution in [1.82, 2.24) is 10.2 Å². The first-order valence-corrected chi connectivity index (χ1v) is 7.24. The summed E-state index contributed by atoms with van der Waals surface area (Å²) < 4.78 is 0. The Balaban J connectivity index is 2.05. The molecule has 1 atom stereocenters. The number of benzene rings is 1. The molecule has 1 N–H and O–H groups in total. The average molecular weight is 274 g/mol. The highest BCUT2D eigenvalue weighted by Crippen LogP contribution is 2.13. The second-order valence-electron chi connectivity index (χ2n) is 5.59. The fraction of sp³-hybridized carbons (Fsp3) is 0.500. The largest absolute Gasteiger partial charge is 0.341 e. The SMILES string of the molecule is CC(C)[C@@H](NC(=O)c1ccccc1)C(=O)N1CCCC1. The number of likely N-dealkylation sites (tertiary alicyclic amines) is 1. The third-order valence-electron chi connectivity index (χ3n) is 3.67. The van der Waals surface area contributed by atoms with Crippen LogP contribution in [0.2, 0.25) is 0 Å². The van der Waals surface area contributed by atoms with Gasteiger partial charge in [0.2, 0.25) is 5.91 Å². The lowest BCUT2D eigenvalue weighted by molar-refractivity contribution is -0.133. The predicted octanol–water partition coefficient (Wildman–Crippen LogP) is 2.06. The highest BCUT2D eigenvalue weighted by molar-refractivity contribution is 5.97. The maximum atomic E-state index is 12.5. The van der Waals surface area contributed by atoms with Crippen LogP contribution in [-0.2, 0) is 4.79 Å². The quantitative estimate of drug-likeness (QED) is 0.913. The first-order chi connectivity index (χ1) is 9.59. The number of hydrogen-bond donors (Lipinski definition) is 1. The number of nitrogens with one attached hydrogen (secondary N) is 1. The molecule has 1 heterocycles. The number of carbonyl (C=O) groups is 2. The molecule has 4 heteroatoms. The van der Waals surface area contributed by atoms with E-state index in [2.05, 4.69) is 5.32 Å². The van der Waals surface area contributed by atoms with Crippen LogP contribution in [0, 0.1) is 5.92 Å². The molecule has 0 aromatic heterocycles. The zero-order valence-electron chi connectivity index (χ0n) is 12.1. The second kappa shape index (κ2) is 6.55. The molecule has 20 heavy (non-hydrogen) atoms. The van der Waals surface area contributed by atoms with Gasteiger partial charge in [-0.15, -0.1) is 0 Å². The van der Waals surface area contributed by atoms with E-state index in [0.717, 1.165) is 25.9 Å². The molecular formula is C16H22N2O2. The summed E-state index contributed by atoms with van der Waals surface area (Å²) in [5, 5.41) is 2.88. The summed E-state index contributed by atoms with van der Waals surface area (Å²) in [4.78, 5) is 26.5. The second-order valence-corrected chi connectivity index (χ2v) is 5.59. The van der Waals surface area contributed by atoms with Crippen LogP contribution in [0.4, 0.5) is 0 Å². The van der Waals surface area contributed by atoms with Crippen LogP contribution in [0.1, 0.15) is 37.0 Å². The van der Waals surface area contributed by atoms with Gasteiger partial charge in [0, 0.05) is 18.7 Å². The third-order valence-corrected chi connectivity index (χ3v) is 3.67. The molecule has 0 aliphatic carbocycles. The van der Waals surface area contributed by atoms with E-state index in [0.29, 0.717) is 5.56 Å². The summed E-state index contributed by atoms with van der Waals surface area (Å²) in [7, 11) is 0. The molecule has 1 aliphatic heterocycles. The Morgan fingerprint density at radius 1 is 1.10 bits per heavy atom. The molecule has 2 rings (SSSR count). The van der Waals surface area contributed by atoms with Crippen LogP contribution in [0.15, 0.2) is 30.3 Å². The number of rotatable bonds is 4. The van der Waals surface area contributed by atoms with Gasteiger partial charge in [-0.2, -0.15) is 0 Å².